The second kappa shape index (κ2) is 5.06. The summed E-state index contributed by atoms with van der Waals surface area (Å²) in [6.07, 6.45) is 0. The second-order valence-electron chi connectivity index (χ2n) is 5.71. The summed E-state index contributed by atoms with van der Waals surface area (Å²) in [5.74, 6) is -0.488. The summed E-state index contributed by atoms with van der Waals surface area (Å²) in [7, 11) is 0. The molecule has 1 aromatic rings. The summed E-state index contributed by atoms with van der Waals surface area (Å²) >= 11 is 0. The highest BCUT2D eigenvalue weighted by atomic mass is 19.1. The summed E-state index contributed by atoms with van der Waals surface area (Å²) in [6, 6.07) is 5.60. The molecule has 100 valence electrons. The Hall–Kier alpha value is -1.42. The molecular formula is C14H20FNO2. The Morgan fingerprint density at radius 2 is 1.72 bits per heavy atom. The third-order valence-corrected chi connectivity index (χ3v) is 2.74. The number of amides is 1. The van der Waals surface area contributed by atoms with Crippen LogP contribution in [0.4, 0.5) is 4.39 Å². The molecule has 4 heteroatoms. The fraction of sp³-hybridized carbons (Fsp3) is 0.500. The van der Waals surface area contributed by atoms with E-state index in [1.807, 2.05) is 0 Å². The highest BCUT2D eigenvalue weighted by Crippen LogP contribution is 2.21. The Morgan fingerprint density at radius 1 is 1.22 bits per heavy atom. The van der Waals surface area contributed by atoms with Crippen LogP contribution in [0, 0.1) is 11.2 Å². The topological polar surface area (TPSA) is 49.3 Å². The molecule has 0 radical (unpaired) electrons. The van der Waals surface area contributed by atoms with Crippen molar-refractivity contribution in [3.8, 4) is 0 Å². The molecule has 0 saturated carbocycles. The third-order valence-electron chi connectivity index (χ3n) is 2.74. The van der Waals surface area contributed by atoms with Crippen LogP contribution in [0.5, 0.6) is 0 Å². The van der Waals surface area contributed by atoms with Crippen LogP contribution in [0.2, 0.25) is 0 Å². The fourth-order valence-corrected chi connectivity index (χ4v) is 1.43. The van der Waals surface area contributed by atoms with Crippen molar-refractivity contribution in [1.29, 1.82) is 0 Å². The van der Waals surface area contributed by atoms with Crippen molar-refractivity contribution in [2.45, 2.75) is 33.3 Å². The van der Waals surface area contributed by atoms with Crippen LogP contribution in [0.1, 0.15) is 33.3 Å². The van der Waals surface area contributed by atoms with Gasteiger partial charge in [-0.3, -0.25) is 4.79 Å². The zero-order valence-corrected chi connectivity index (χ0v) is 11.2. The van der Waals surface area contributed by atoms with E-state index in [2.05, 4.69) is 5.32 Å². The van der Waals surface area contributed by atoms with E-state index in [9.17, 15) is 14.3 Å². The molecule has 3 nitrogen and oxygen atoms in total. The van der Waals surface area contributed by atoms with Gasteiger partial charge in [-0.2, -0.15) is 0 Å². The molecule has 1 unspecified atom stereocenters. The normalized spacial score (nSPS) is 15.0. The molecular weight excluding hydrogens is 233 g/mol. The van der Waals surface area contributed by atoms with Gasteiger partial charge in [0.15, 0.2) is 0 Å². The number of hydrogen-bond acceptors (Lipinski definition) is 2. The van der Waals surface area contributed by atoms with E-state index in [0.29, 0.717) is 5.56 Å². The van der Waals surface area contributed by atoms with E-state index in [1.165, 1.54) is 24.3 Å². The molecule has 18 heavy (non-hydrogen) atoms. The SMILES string of the molecule is CC(C)(C)C(=O)NCC(C)(O)c1ccc(F)cc1. The quantitative estimate of drug-likeness (QED) is 0.867. The lowest BCUT2D eigenvalue weighted by Crippen LogP contribution is -2.43. The standard InChI is InChI=1S/C14H20FNO2/c1-13(2,3)12(17)16-9-14(4,18)10-5-7-11(15)8-6-10/h5-8,18H,9H2,1-4H3,(H,16,17). The number of carbonyl (C=O) groups is 1. The van der Waals surface area contributed by atoms with Crippen LogP contribution < -0.4 is 5.32 Å². The molecule has 1 atom stereocenters. The van der Waals surface area contributed by atoms with E-state index in [4.69, 9.17) is 0 Å². The van der Waals surface area contributed by atoms with Crippen molar-refractivity contribution in [3.63, 3.8) is 0 Å². The maximum absolute atomic E-state index is 12.8. The van der Waals surface area contributed by atoms with Crippen LogP contribution in [0.25, 0.3) is 0 Å². The molecule has 1 rings (SSSR count). The van der Waals surface area contributed by atoms with Gasteiger partial charge in [-0.25, -0.2) is 4.39 Å². The molecule has 0 spiro atoms. The van der Waals surface area contributed by atoms with Gasteiger partial charge in [0.25, 0.3) is 0 Å². The first-order valence-electron chi connectivity index (χ1n) is 5.90. The third kappa shape index (κ3) is 3.81. The second-order valence-corrected chi connectivity index (χ2v) is 5.71. The van der Waals surface area contributed by atoms with E-state index in [0.717, 1.165) is 0 Å². The van der Waals surface area contributed by atoms with Gasteiger partial charge in [0.1, 0.15) is 11.4 Å². The summed E-state index contributed by atoms with van der Waals surface area (Å²) in [4.78, 5) is 11.7. The predicted molar refractivity (Wildman–Crippen MR) is 68.4 cm³/mol. The minimum absolute atomic E-state index is 0.0920. The Morgan fingerprint density at radius 3 is 2.17 bits per heavy atom. The van der Waals surface area contributed by atoms with Crippen LogP contribution in [-0.4, -0.2) is 17.6 Å². The molecule has 0 fully saturated rings. The Bertz CT molecular complexity index is 418. The monoisotopic (exact) mass is 253 g/mol. The van der Waals surface area contributed by atoms with E-state index >= 15 is 0 Å². The Kier molecular flexibility index (Phi) is 4.12. The van der Waals surface area contributed by atoms with Crippen molar-refractivity contribution in [1.82, 2.24) is 5.32 Å². The molecule has 0 aliphatic carbocycles. The molecule has 0 bridgehead atoms. The first kappa shape index (κ1) is 14.6. The van der Waals surface area contributed by atoms with Crippen molar-refractivity contribution >= 4 is 5.91 Å². The van der Waals surface area contributed by atoms with Gasteiger partial charge in [-0.15, -0.1) is 0 Å². The summed E-state index contributed by atoms with van der Waals surface area (Å²) < 4.78 is 12.8. The highest BCUT2D eigenvalue weighted by molar-refractivity contribution is 5.81. The van der Waals surface area contributed by atoms with Crippen LogP contribution >= 0.6 is 0 Å². The van der Waals surface area contributed by atoms with Gasteiger partial charge in [0, 0.05) is 5.41 Å². The smallest absolute Gasteiger partial charge is 0.225 e. The van der Waals surface area contributed by atoms with Gasteiger partial charge in [0.2, 0.25) is 5.91 Å². The predicted octanol–water partition coefficient (Wildman–Crippen LogP) is 2.20. The molecule has 1 amide bonds. The molecule has 0 aliphatic heterocycles. The molecule has 0 aliphatic rings. The first-order chi connectivity index (χ1) is 8.13. The summed E-state index contributed by atoms with van der Waals surface area (Å²) in [6.45, 7) is 7.08. The van der Waals surface area contributed by atoms with Crippen molar-refractivity contribution in [3.05, 3.63) is 35.6 Å². The summed E-state index contributed by atoms with van der Waals surface area (Å²) in [5.41, 5.74) is -1.15. The van der Waals surface area contributed by atoms with E-state index < -0.39 is 11.0 Å². The van der Waals surface area contributed by atoms with Gasteiger partial charge >= 0.3 is 0 Å². The average molecular weight is 253 g/mol. The molecule has 0 aromatic heterocycles. The number of rotatable bonds is 3. The van der Waals surface area contributed by atoms with Crippen LogP contribution in [0.15, 0.2) is 24.3 Å². The minimum atomic E-state index is -1.21. The minimum Gasteiger partial charge on any atom is -0.384 e. The number of benzene rings is 1. The molecule has 2 N–H and O–H groups in total. The largest absolute Gasteiger partial charge is 0.384 e. The molecule has 1 aromatic carbocycles. The molecule has 0 saturated heterocycles. The first-order valence-corrected chi connectivity index (χ1v) is 5.90. The summed E-state index contributed by atoms with van der Waals surface area (Å²) in [5, 5.41) is 12.9. The van der Waals surface area contributed by atoms with Gasteiger partial charge in [0.05, 0.1) is 6.54 Å². The Labute approximate surface area is 107 Å². The van der Waals surface area contributed by atoms with Crippen molar-refractivity contribution < 1.29 is 14.3 Å². The molecule has 0 heterocycles. The zero-order chi connectivity index (χ0) is 14.0. The van der Waals surface area contributed by atoms with Crippen molar-refractivity contribution in [2.75, 3.05) is 6.54 Å². The van der Waals surface area contributed by atoms with E-state index in [1.54, 1.807) is 27.7 Å². The van der Waals surface area contributed by atoms with Gasteiger partial charge < -0.3 is 10.4 Å². The van der Waals surface area contributed by atoms with Gasteiger partial charge in [-0.1, -0.05) is 32.9 Å². The van der Waals surface area contributed by atoms with Crippen LogP contribution in [0.3, 0.4) is 0 Å². The lowest BCUT2D eigenvalue weighted by Gasteiger charge is -2.26. The average Bonchev–Trinajstić information content (AvgIpc) is 2.25. The number of aliphatic hydroxyl groups is 1. The number of hydrogen-bond donors (Lipinski definition) is 2. The lowest BCUT2D eigenvalue weighted by molar-refractivity contribution is -0.129. The maximum atomic E-state index is 12.8. The fourth-order valence-electron chi connectivity index (χ4n) is 1.43. The lowest BCUT2D eigenvalue weighted by atomic mass is 9.93. The maximum Gasteiger partial charge on any atom is 0.225 e. The zero-order valence-electron chi connectivity index (χ0n) is 11.2. The van der Waals surface area contributed by atoms with Crippen molar-refractivity contribution in [2.24, 2.45) is 5.41 Å². The highest BCUT2D eigenvalue weighted by Gasteiger charge is 2.27. The van der Waals surface area contributed by atoms with Gasteiger partial charge in [-0.05, 0) is 24.6 Å². The number of carbonyl (C=O) groups excluding carboxylic acids is 1. The Balaban J connectivity index is 2.71. The number of nitrogens with one attached hydrogen (secondary N) is 1. The van der Waals surface area contributed by atoms with E-state index in [-0.39, 0.29) is 18.3 Å². The van der Waals surface area contributed by atoms with Crippen LogP contribution in [-0.2, 0) is 10.4 Å². The number of halogens is 1.